The molecule has 1 aromatic carbocycles. The van der Waals surface area contributed by atoms with Crippen molar-refractivity contribution in [1.82, 2.24) is 14.8 Å². The summed E-state index contributed by atoms with van der Waals surface area (Å²) in [6, 6.07) is 12.4. The topological polar surface area (TPSA) is 74.6 Å². The van der Waals surface area contributed by atoms with E-state index in [9.17, 15) is 14.7 Å². The Labute approximate surface area is 182 Å². The molecule has 0 aliphatic carbocycles. The maximum atomic E-state index is 13.6. The Balaban J connectivity index is 0.00000218. The van der Waals surface area contributed by atoms with E-state index >= 15 is 0 Å². The zero-order valence-electron chi connectivity index (χ0n) is 16.9. The third kappa shape index (κ3) is 3.63. The van der Waals surface area contributed by atoms with Crippen molar-refractivity contribution >= 4 is 18.3 Å². The van der Waals surface area contributed by atoms with Crippen LogP contribution in [-0.4, -0.2) is 46.7 Å². The molecule has 5 rings (SSSR count). The highest BCUT2D eigenvalue weighted by atomic mass is 35.5. The number of hydrogen-bond donors (Lipinski definition) is 2. The molecule has 3 aliphatic heterocycles. The fourth-order valence-electron chi connectivity index (χ4n) is 5.51. The van der Waals surface area contributed by atoms with E-state index < -0.39 is 6.04 Å². The van der Waals surface area contributed by atoms with Crippen molar-refractivity contribution in [3.05, 3.63) is 64.1 Å². The molecular formula is C23H28ClN3O3. The number of pyridine rings is 1. The molecule has 30 heavy (non-hydrogen) atoms. The molecule has 2 N–H and O–H groups in total. The number of aromatic hydroxyl groups is 1. The van der Waals surface area contributed by atoms with E-state index in [0.717, 1.165) is 43.6 Å². The van der Waals surface area contributed by atoms with Crippen molar-refractivity contribution in [2.45, 2.75) is 37.1 Å². The van der Waals surface area contributed by atoms with Crippen molar-refractivity contribution in [3.63, 3.8) is 0 Å². The fraction of sp³-hybridized carbons (Fsp3) is 0.478. The molecule has 2 aromatic rings. The van der Waals surface area contributed by atoms with Gasteiger partial charge in [0.2, 0.25) is 5.91 Å². The maximum absolute atomic E-state index is 13.6. The van der Waals surface area contributed by atoms with Gasteiger partial charge in [0.15, 0.2) is 0 Å². The SMILES string of the molecule is Cl.O=C([C@H]1[C@@H]2CNC[C@@H](C2)c2cccc(=O)n21)N1CCC(c2cccc(O)c2)CC1. The number of amides is 1. The first-order chi connectivity index (χ1) is 14.1. The van der Waals surface area contributed by atoms with Crippen LogP contribution in [0, 0.1) is 5.92 Å². The van der Waals surface area contributed by atoms with Crippen LogP contribution in [0.4, 0.5) is 0 Å². The first-order valence-electron chi connectivity index (χ1n) is 10.6. The molecule has 6 nitrogen and oxygen atoms in total. The van der Waals surface area contributed by atoms with Gasteiger partial charge in [0, 0.05) is 49.8 Å². The molecule has 3 atom stereocenters. The third-order valence-corrected chi connectivity index (χ3v) is 6.95. The van der Waals surface area contributed by atoms with E-state index in [2.05, 4.69) is 5.32 Å². The number of phenolic OH excluding ortho intramolecular Hbond substituents is 1. The van der Waals surface area contributed by atoms with Gasteiger partial charge in [-0.05, 0) is 48.9 Å². The van der Waals surface area contributed by atoms with Gasteiger partial charge in [-0.3, -0.25) is 14.2 Å². The Morgan fingerprint density at radius 3 is 2.57 bits per heavy atom. The van der Waals surface area contributed by atoms with Crippen molar-refractivity contribution in [1.29, 1.82) is 0 Å². The van der Waals surface area contributed by atoms with Gasteiger partial charge in [0.25, 0.3) is 5.56 Å². The average Bonchev–Trinajstić information content (AvgIpc) is 2.75. The van der Waals surface area contributed by atoms with Gasteiger partial charge in [0.05, 0.1) is 0 Å². The van der Waals surface area contributed by atoms with Gasteiger partial charge >= 0.3 is 0 Å². The zero-order chi connectivity index (χ0) is 20.0. The van der Waals surface area contributed by atoms with Gasteiger partial charge < -0.3 is 15.3 Å². The molecule has 3 aliphatic rings. The number of benzene rings is 1. The summed E-state index contributed by atoms with van der Waals surface area (Å²) in [6.45, 7) is 3.04. The molecule has 0 saturated carbocycles. The molecule has 2 bridgehead atoms. The molecule has 1 amide bonds. The Morgan fingerprint density at radius 1 is 1.03 bits per heavy atom. The second-order valence-corrected chi connectivity index (χ2v) is 8.65. The van der Waals surface area contributed by atoms with Crippen LogP contribution in [0.2, 0.25) is 0 Å². The minimum atomic E-state index is -0.403. The number of carbonyl (C=O) groups is 1. The number of phenols is 1. The van der Waals surface area contributed by atoms with Crippen LogP contribution in [0.5, 0.6) is 5.75 Å². The lowest BCUT2D eigenvalue weighted by molar-refractivity contribution is -0.138. The van der Waals surface area contributed by atoms with E-state index in [0.29, 0.717) is 30.7 Å². The number of nitrogens with one attached hydrogen (secondary N) is 1. The predicted octanol–water partition coefficient (Wildman–Crippen LogP) is 2.63. The molecular weight excluding hydrogens is 402 g/mol. The Morgan fingerprint density at radius 2 is 1.80 bits per heavy atom. The molecule has 2 saturated heterocycles. The number of hydrogen-bond acceptors (Lipinski definition) is 4. The van der Waals surface area contributed by atoms with Crippen LogP contribution < -0.4 is 10.9 Å². The molecule has 0 unspecified atom stereocenters. The molecule has 2 fully saturated rings. The van der Waals surface area contributed by atoms with E-state index in [1.165, 1.54) is 0 Å². The van der Waals surface area contributed by atoms with Crippen molar-refractivity contribution in [2.24, 2.45) is 5.92 Å². The summed E-state index contributed by atoms with van der Waals surface area (Å²) < 4.78 is 1.78. The Hall–Kier alpha value is -2.31. The second-order valence-electron chi connectivity index (χ2n) is 8.65. The molecule has 4 heterocycles. The largest absolute Gasteiger partial charge is 0.508 e. The van der Waals surface area contributed by atoms with Gasteiger partial charge in [-0.25, -0.2) is 0 Å². The van der Waals surface area contributed by atoms with Gasteiger partial charge in [-0.15, -0.1) is 12.4 Å². The lowest BCUT2D eigenvalue weighted by atomic mass is 9.78. The summed E-state index contributed by atoms with van der Waals surface area (Å²) in [5, 5.41) is 13.2. The summed E-state index contributed by atoms with van der Waals surface area (Å²) >= 11 is 0. The maximum Gasteiger partial charge on any atom is 0.251 e. The van der Waals surface area contributed by atoms with Gasteiger partial charge in [-0.1, -0.05) is 18.2 Å². The predicted molar refractivity (Wildman–Crippen MR) is 117 cm³/mol. The summed E-state index contributed by atoms with van der Waals surface area (Å²) in [7, 11) is 0. The van der Waals surface area contributed by atoms with Crippen LogP contribution >= 0.6 is 12.4 Å². The van der Waals surface area contributed by atoms with E-state index in [1.54, 1.807) is 16.7 Å². The zero-order valence-corrected chi connectivity index (χ0v) is 17.7. The van der Waals surface area contributed by atoms with E-state index in [-0.39, 0.29) is 29.8 Å². The van der Waals surface area contributed by atoms with Crippen LogP contribution in [-0.2, 0) is 4.79 Å². The summed E-state index contributed by atoms with van der Waals surface area (Å²) in [5.74, 6) is 1.20. The summed E-state index contributed by atoms with van der Waals surface area (Å²) in [6.07, 6.45) is 2.72. The third-order valence-electron chi connectivity index (χ3n) is 6.95. The lowest BCUT2D eigenvalue weighted by Gasteiger charge is -2.44. The molecule has 0 spiro atoms. The molecule has 7 heteroatoms. The van der Waals surface area contributed by atoms with Gasteiger partial charge in [-0.2, -0.15) is 0 Å². The first kappa shape index (κ1) is 20.9. The Bertz CT molecular complexity index is 984. The average molecular weight is 430 g/mol. The highest BCUT2D eigenvalue weighted by Gasteiger charge is 2.43. The summed E-state index contributed by atoms with van der Waals surface area (Å²) in [4.78, 5) is 28.2. The van der Waals surface area contributed by atoms with E-state index in [1.807, 2.05) is 35.2 Å². The number of rotatable bonds is 2. The van der Waals surface area contributed by atoms with Crippen LogP contribution in [0.15, 0.2) is 47.3 Å². The van der Waals surface area contributed by atoms with E-state index in [4.69, 9.17) is 0 Å². The lowest BCUT2D eigenvalue weighted by Crippen LogP contribution is -2.53. The minimum Gasteiger partial charge on any atom is -0.508 e. The molecule has 0 radical (unpaired) electrons. The monoisotopic (exact) mass is 429 g/mol. The number of piperidine rings is 2. The summed E-state index contributed by atoms with van der Waals surface area (Å²) in [5.41, 5.74) is 2.07. The van der Waals surface area contributed by atoms with Crippen molar-refractivity contribution in [3.8, 4) is 5.75 Å². The first-order valence-corrected chi connectivity index (χ1v) is 10.6. The van der Waals surface area contributed by atoms with Crippen LogP contribution in [0.3, 0.4) is 0 Å². The number of aromatic nitrogens is 1. The minimum absolute atomic E-state index is 0. The highest BCUT2D eigenvalue weighted by Crippen LogP contribution is 2.40. The second kappa shape index (κ2) is 8.44. The smallest absolute Gasteiger partial charge is 0.251 e. The number of nitrogens with zero attached hydrogens (tertiary/aromatic N) is 2. The van der Waals surface area contributed by atoms with Crippen molar-refractivity contribution in [2.75, 3.05) is 26.2 Å². The highest BCUT2D eigenvalue weighted by molar-refractivity contribution is 5.85. The van der Waals surface area contributed by atoms with Crippen LogP contribution in [0.25, 0.3) is 0 Å². The number of carbonyl (C=O) groups excluding carboxylic acids is 1. The fourth-order valence-corrected chi connectivity index (χ4v) is 5.51. The normalized spacial score (nSPS) is 25.9. The number of likely N-dealkylation sites (tertiary alicyclic amines) is 1. The van der Waals surface area contributed by atoms with Gasteiger partial charge in [0.1, 0.15) is 11.8 Å². The van der Waals surface area contributed by atoms with Crippen LogP contribution in [0.1, 0.15) is 48.4 Å². The van der Waals surface area contributed by atoms with Crippen molar-refractivity contribution < 1.29 is 9.90 Å². The standard InChI is InChI=1S/C23H27N3O3.ClH/c27-19-4-1-3-16(12-19)15-7-9-25(10-8-15)23(29)22-18-11-17(13-24-14-18)20-5-2-6-21(28)26(20)22;/h1-6,12,15,17-18,22,24,27H,7-11,13-14H2;1H/t17-,18+,22-;/m1./s1. The quantitative estimate of drug-likeness (QED) is 0.769. The molecule has 160 valence electrons. The Kier molecular flexibility index (Phi) is 5.89. The molecule has 1 aromatic heterocycles. The number of fused-ring (bicyclic) bond motifs is 4. The number of halogens is 1.